The lowest BCUT2D eigenvalue weighted by Crippen LogP contribution is -2.60. The lowest BCUT2D eigenvalue weighted by atomic mass is 10.1. The first-order chi connectivity index (χ1) is 8.49. The van der Waals surface area contributed by atoms with E-state index in [1.54, 1.807) is 31.1 Å². The van der Waals surface area contributed by atoms with Gasteiger partial charge in [0.15, 0.2) is 0 Å². The standard InChI is InChI=1S/C13H17N3O2/c1-8-4-11(6-14-5-8)7-16-10(3)12(17)15-9(2)13(16)18/h4-6,9-10H,7H2,1-3H3,(H,15,17). The molecular weight excluding hydrogens is 230 g/mol. The summed E-state index contributed by atoms with van der Waals surface area (Å²) in [5.74, 6) is -0.161. The fraction of sp³-hybridized carbons (Fsp3) is 0.462. The van der Waals surface area contributed by atoms with E-state index < -0.39 is 12.1 Å². The van der Waals surface area contributed by atoms with Gasteiger partial charge in [-0.2, -0.15) is 0 Å². The maximum Gasteiger partial charge on any atom is 0.245 e. The Bertz CT molecular complexity index is 487. The van der Waals surface area contributed by atoms with Crippen LogP contribution in [-0.4, -0.2) is 33.8 Å². The predicted molar refractivity (Wildman–Crippen MR) is 66.6 cm³/mol. The van der Waals surface area contributed by atoms with E-state index in [1.807, 2.05) is 13.0 Å². The van der Waals surface area contributed by atoms with E-state index in [2.05, 4.69) is 10.3 Å². The van der Waals surface area contributed by atoms with E-state index >= 15 is 0 Å². The highest BCUT2D eigenvalue weighted by Crippen LogP contribution is 2.14. The smallest absolute Gasteiger partial charge is 0.245 e. The molecule has 0 aromatic carbocycles. The van der Waals surface area contributed by atoms with Gasteiger partial charge in [0.2, 0.25) is 11.8 Å². The molecule has 2 unspecified atom stereocenters. The highest BCUT2D eigenvalue weighted by molar-refractivity contribution is 5.96. The maximum atomic E-state index is 12.1. The van der Waals surface area contributed by atoms with Crippen LogP contribution in [0.25, 0.3) is 0 Å². The molecule has 2 rings (SSSR count). The maximum absolute atomic E-state index is 12.1. The molecule has 0 bridgehead atoms. The van der Waals surface area contributed by atoms with E-state index in [4.69, 9.17) is 0 Å². The van der Waals surface area contributed by atoms with Crippen LogP contribution in [0.1, 0.15) is 25.0 Å². The largest absolute Gasteiger partial charge is 0.343 e. The number of rotatable bonds is 2. The zero-order chi connectivity index (χ0) is 13.3. The summed E-state index contributed by atoms with van der Waals surface area (Å²) in [6.07, 6.45) is 3.49. The number of amides is 2. The number of nitrogens with zero attached hydrogens (tertiary/aromatic N) is 2. The molecule has 2 atom stereocenters. The normalized spacial score (nSPS) is 24.1. The van der Waals surface area contributed by atoms with Crippen LogP contribution in [0.2, 0.25) is 0 Å². The summed E-state index contributed by atoms with van der Waals surface area (Å²) in [4.78, 5) is 29.5. The molecule has 1 fully saturated rings. The molecule has 1 aliphatic heterocycles. The van der Waals surface area contributed by atoms with Crippen LogP contribution in [0.3, 0.4) is 0 Å². The molecule has 0 radical (unpaired) electrons. The van der Waals surface area contributed by atoms with Crippen LogP contribution in [0, 0.1) is 6.92 Å². The number of carbonyl (C=O) groups excluding carboxylic acids is 2. The molecule has 1 saturated heterocycles. The number of carbonyl (C=O) groups is 2. The topological polar surface area (TPSA) is 62.3 Å². The van der Waals surface area contributed by atoms with Crippen molar-refractivity contribution >= 4 is 11.8 Å². The zero-order valence-corrected chi connectivity index (χ0v) is 10.8. The first-order valence-electron chi connectivity index (χ1n) is 6.00. The summed E-state index contributed by atoms with van der Waals surface area (Å²) in [6.45, 7) is 5.82. The Balaban J connectivity index is 2.20. The van der Waals surface area contributed by atoms with Gasteiger partial charge in [0.25, 0.3) is 0 Å². The van der Waals surface area contributed by atoms with Gasteiger partial charge in [-0.05, 0) is 31.9 Å². The van der Waals surface area contributed by atoms with Crippen LogP contribution in [-0.2, 0) is 16.1 Å². The monoisotopic (exact) mass is 247 g/mol. The van der Waals surface area contributed by atoms with Gasteiger partial charge in [-0.25, -0.2) is 0 Å². The van der Waals surface area contributed by atoms with Crippen molar-refractivity contribution in [1.82, 2.24) is 15.2 Å². The second kappa shape index (κ2) is 4.76. The Morgan fingerprint density at radius 1 is 1.33 bits per heavy atom. The Morgan fingerprint density at radius 3 is 2.72 bits per heavy atom. The lowest BCUT2D eigenvalue weighted by molar-refractivity contribution is -0.148. The summed E-state index contributed by atoms with van der Waals surface area (Å²) >= 11 is 0. The molecule has 1 N–H and O–H groups in total. The average Bonchev–Trinajstić information content (AvgIpc) is 2.32. The van der Waals surface area contributed by atoms with Crippen LogP contribution in [0.4, 0.5) is 0 Å². The number of piperazine rings is 1. The van der Waals surface area contributed by atoms with Gasteiger partial charge in [0, 0.05) is 18.9 Å². The highest BCUT2D eigenvalue weighted by Gasteiger charge is 2.35. The molecule has 1 aromatic rings. The lowest BCUT2D eigenvalue weighted by Gasteiger charge is -2.36. The van der Waals surface area contributed by atoms with E-state index in [1.165, 1.54) is 0 Å². The molecule has 0 aliphatic carbocycles. The number of hydrogen-bond donors (Lipinski definition) is 1. The molecule has 18 heavy (non-hydrogen) atoms. The second-order valence-electron chi connectivity index (χ2n) is 4.74. The Morgan fingerprint density at radius 2 is 2.06 bits per heavy atom. The molecule has 96 valence electrons. The number of hydrogen-bond acceptors (Lipinski definition) is 3. The third kappa shape index (κ3) is 2.34. The fourth-order valence-electron chi connectivity index (χ4n) is 2.09. The number of pyridine rings is 1. The van der Waals surface area contributed by atoms with E-state index in [0.717, 1.165) is 11.1 Å². The van der Waals surface area contributed by atoms with Gasteiger partial charge in [-0.3, -0.25) is 14.6 Å². The first-order valence-corrected chi connectivity index (χ1v) is 6.00. The Labute approximate surface area is 106 Å². The third-order valence-corrected chi connectivity index (χ3v) is 3.14. The molecule has 5 heteroatoms. The third-order valence-electron chi connectivity index (χ3n) is 3.14. The van der Waals surface area contributed by atoms with Crippen LogP contribution in [0.15, 0.2) is 18.5 Å². The first kappa shape index (κ1) is 12.5. The summed E-state index contributed by atoms with van der Waals surface area (Å²) in [5, 5.41) is 2.66. The van der Waals surface area contributed by atoms with Crippen LogP contribution >= 0.6 is 0 Å². The van der Waals surface area contributed by atoms with Crippen molar-refractivity contribution in [2.75, 3.05) is 0 Å². The van der Waals surface area contributed by atoms with Crippen molar-refractivity contribution in [1.29, 1.82) is 0 Å². The SMILES string of the molecule is Cc1cncc(CN2C(=O)C(C)NC(=O)C2C)c1. The summed E-state index contributed by atoms with van der Waals surface area (Å²) in [5.41, 5.74) is 1.99. The Kier molecular flexibility index (Phi) is 3.32. The quantitative estimate of drug-likeness (QED) is 0.833. The molecule has 2 heterocycles. The summed E-state index contributed by atoms with van der Waals surface area (Å²) in [7, 11) is 0. The minimum atomic E-state index is -0.452. The van der Waals surface area contributed by atoms with Crippen molar-refractivity contribution in [3.8, 4) is 0 Å². The van der Waals surface area contributed by atoms with Crippen molar-refractivity contribution < 1.29 is 9.59 Å². The van der Waals surface area contributed by atoms with Gasteiger partial charge in [0.05, 0.1) is 0 Å². The minimum Gasteiger partial charge on any atom is -0.343 e. The van der Waals surface area contributed by atoms with Crippen LogP contribution in [0.5, 0.6) is 0 Å². The number of aryl methyl sites for hydroxylation is 1. The second-order valence-corrected chi connectivity index (χ2v) is 4.74. The van der Waals surface area contributed by atoms with Gasteiger partial charge >= 0.3 is 0 Å². The predicted octanol–water partition coefficient (Wildman–Crippen LogP) is 0.625. The molecule has 5 nitrogen and oxygen atoms in total. The van der Waals surface area contributed by atoms with Crippen molar-refractivity contribution in [2.24, 2.45) is 0 Å². The minimum absolute atomic E-state index is 0.0522. The van der Waals surface area contributed by atoms with E-state index in [9.17, 15) is 9.59 Å². The molecule has 2 amide bonds. The van der Waals surface area contributed by atoms with Gasteiger partial charge in [0.1, 0.15) is 12.1 Å². The summed E-state index contributed by atoms with van der Waals surface area (Å²) < 4.78 is 0. The molecule has 1 aromatic heterocycles. The van der Waals surface area contributed by atoms with Gasteiger partial charge in [-0.1, -0.05) is 6.07 Å². The fourth-order valence-corrected chi connectivity index (χ4v) is 2.09. The van der Waals surface area contributed by atoms with E-state index in [0.29, 0.717) is 6.54 Å². The number of nitrogens with one attached hydrogen (secondary N) is 1. The van der Waals surface area contributed by atoms with Crippen molar-refractivity contribution in [3.05, 3.63) is 29.6 Å². The highest BCUT2D eigenvalue weighted by atomic mass is 16.2. The summed E-state index contributed by atoms with van der Waals surface area (Å²) in [6, 6.07) is 1.09. The average molecular weight is 247 g/mol. The van der Waals surface area contributed by atoms with Crippen molar-refractivity contribution in [2.45, 2.75) is 39.4 Å². The molecule has 0 saturated carbocycles. The molecule has 1 aliphatic rings. The molecule has 0 spiro atoms. The van der Waals surface area contributed by atoms with Crippen molar-refractivity contribution in [3.63, 3.8) is 0 Å². The number of aromatic nitrogens is 1. The van der Waals surface area contributed by atoms with Gasteiger partial charge in [-0.15, -0.1) is 0 Å². The van der Waals surface area contributed by atoms with E-state index in [-0.39, 0.29) is 11.8 Å². The zero-order valence-electron chi connectivity index (χ0n) is 10.8. The van der Waals surface area contributed by atoms with Gasteiger partial charge < -0.3 is 10.2 Å². The molecular formula is C13H17N3O2. The van der Waals surface area contributed by atoms with Crippen LogP contribution < -0.4 is 5.32 Å². The Hall–Kier alpha value is -1.91.